The second-order valence-electron chi connectivity index (χ2n) is 6.87. The molecule has 27 heavy (non-hydrogen) atoms. The second kappa shape index (κ2) is 10.1. The van der Waals surface area contributed by atoms with Crippen LogP contribution in [0.5, 0.6) is 5.75 Å². The highest BCUT2D eigenvalue weighted by molar-refractivity contribution is 5.93. The Labute approximate surface area is 162 Å². The summed E-state index contributed by atoms with van der Waals surface area (Å²) in [5.74, 6) is 1.21. The molecule has 5 heteroatoms. The molecule has 1 atom stereocenters. The van der Waals surface area contributed by atoms with E-state index in [1.54, 1.807) is 19.1 Å². The minimum Gasteiger partial charge on any atom is -0.497 e. The Morgan fingerprint density at radius 3 is 2.15 bits per heavy atom. The van der Waals surface area contributed by atoms with Gasteiger partial charge in [0.25, 0.3) is 0 Å². The van der Waals surface area contributed by atoms with Gasteiger partial charge >= 0.3 is 0 Å². The van der Waals surface area contributed by atoms with Gasteiger partial charge in [0.05, 0.1) is 26.2 Å². The zero-order valence-electron chi connectivity index (χ0n) is 16.6. The van der Waals surface area contributed by atoms with Crippen LogP contribution >= 0.6 is 0 Å². The number of nitrogens with zero attached hydrogens (tertiary/aromatic N) is 1. The van der Waals surface area contributed by atoms with E-state index in [1.165, 1.54) is 5.56 Å². The summed E-state index contributed by atoms with van der Waals surface area (Å²) in [6.07, 6.45) is -0.0510. The minimum absolute atomic E-state index is 0.0228. The zero-order chi connectivity index (χ0) is 19.8. The lowest BCUT2D eigenvalue weighted by Crippen LogP contribution is -2.35. The fraction of sp³-hybridized carbons (Fsp3) is 0.409. The monoisotopic (exact) mass is 370 g/mol. The van der Waals surface area contributed by atoms with E-state index in [1.807, 2.05) is 24.3 Å². The molecule has 0 fully saturated rings. The van der Waals surface area contributed by atoms with Gasteiger partial charge in [0.2, 0.25) is 5.91 Å². The first-order valence-corrected chi connectivity index (χ1v) is 9.24. The van der Waals surface area contributed by atoms with Crippen LogP contribution in [0.2, 0.25) is 0 Å². The van der Waals surface area contributed by atoms with E-state index in [0.717, 1.165) is 17.0 Å². The molecule has 0 aliphatic heterocycles. The molecule has 0 spiro atoms. The number of carbonyl (C=O) groups excluding carboxylic acids is 1. The van der Waals surface area contributed by atoms with Crippen LogP contribution in [0.15, 0.2) is 48.5 Å². The number of amides is 1. The largest absolute Gasteiger partial charge is 0.497 e. The molecule has 0 bridgehead atoms. The Balaban J connectivity index is 2.26. The van der Waals surface area contributed by atoms with Crippen molar-refractivity contribution in [3.63, 3.8) is 0 Å². The number of nitrogens with two attached hydrogens (primary N) is 1. The van der Waals surface area contributed by atoms with E-state index in [4.69, 9.17) is 15.2 Å². The van der Waals surface area contributed by atoms with Gasteiger partial charge in [0.15, 0.2) is 0 Å². The van der Waals surface area contributed by atoms with Crippen molar-refractivity contribution in [2.45, 2.75) is 38.8 Å². The van der Waals surface area contributed by atoms with Gasteiger partial charge in [-0.2, -0.15) is 0 Å². The lowest BCUT2D eigenvalue weighted by atomic mass is 10.0. The summed E-state index contributed by atoms with van der Waals surface area (Å²) in [5.41, 5.74) is 8.87. The van der Waals surface area contributed by atoms with Crippen LogP contribution in [-0.4, -0.2) is 32.8 Å². The second-order valence-corrected chi connectivity index (χ2v) is 6.87. The topological polar surface area (TPSA) is 64.8 Å². The van der Waals surface area contributed by atoms with Gasteiger partial charge in [-0.05, 0) is 41.3 Å². The number of anilines is 1. The van der Waals surface area contributed by atoms with Gasteiger partial charge in [0.1, 0.15) is 5.75 Å². The van der Waals surface area contributed by atoms with Crippen molar-refractivity contribution >= 4 is 11.6 Å². The maximum absolute atomic E-state index is 13.0. The van der Waals surface area contributed by atoms with E-state index < -0.39 is 0 Å². The Morgan fingerprint density at radius 1 is 1.04 bits per heavy atom. The lowest BCUT2D eigenvalue weighted by Gasteiger charge is -2.25. The fourth-order valence-electron chi connectivity index (χ4n) is 2.84. The van der Waals surface area contributed by atoms with Gasteiger partial charge in [-0.15, -0.1) is 0 Å². The third-order valence-corrected chi connectivity index (χ3v) is 4.67. The predicted octanol–water partition coefficient (Wildman–Crippen LogP) is 3.72. The Bertz CT molecular complexity index is 707. The average molecular weight is 370 g/mol. The maximum atomic E-state index is 13.0. The Kier molecular flexibility index (Phi) is 7.82. The molecular formula is C22H30N2O3. The van der Waals surface area contributed by atoms with Gasteiger partial charge in [0, 0.05) is 19.3 Å². The molecule has 146 valence electrons. The molecule has 0 radical (unpaired) electrons. The third kappa shape index (κ3) is 5.81. The molecule has 1 amide bonds. The van der Waals surface area contributed by atoms with Crippen LogP contribution in [0.1, 0.15) is 37.3 Å². The molecule has 2 aromatic rings. The van der Waals surface area contributed by atoms with Crippen molar-refractivity contribution in [3.8, 4) is 5.75 Å². The molecule has 0 heterocycles. The molecule has 0 saturated carbocycles. The molecular weight excluding hydrogens is 340 g/mol. The predicted molar refractivity (Wildman–Crippen MR) is 109 cm³/mol. The number of benzene rings is 2. The maximum Gasteiger partial charge on any atom is 0.229 e. The summed E-state index contributed by atoms with van der Waals surface area (Å²) < 4.78 is 10.5. The summed E-state index contributed by atoms with van der Waals surface area (Å²) in [6.45, 7) is 5.13. The number of hydrogen-bond donors (Lipinski definition) is 1. The molecule has 0 aliphatic rings. The first-order chi connectivity index (χ1) is 13.0. The molecule has 2 aromatic carbocycles. The van der Waals surface area contributed by atoms with Gasteiger partial charge in [-0.25, -0.2) is 0 Å². The number of hydrogen-bond acceptors (Lipinski definition) is 4. The van der Waals surface area contributed by atoms with Crippen molar-refractivity contribution in [1.29, 1.82) is 0 Å². The number of carbonyl (C=O) groups is 1. The number of rotatable bonds is 9. The third-order valence-electron chi connectivity index (χ3n) is 4.67. The van der Waals surface area contributed by atoms with Crippen LogP contribution in [0.3, 0.4) is 0 Å². The van der Waals surface area contributed by atoms with Crippen LogP contribution in [0.4, 0.5) is 5.69 Å². The van der Waals surface area contributed by atoms with Gasteiger partial charge in [-0.1, -0.05) is 38.1 Å². The molecule has 2 rings (SSSR count). The van der Waals surface area contributed by atoms with E-state index in [2.05, 4.69) is 38.1 Å². The molecule has 2 N–H and O–H groups in total. The quantitative estimate of drug-likeness (QED) is 0.731. The molecule has 5 nitrogen and oxygen atoms in total. The molecule has 0 aromatic heterocycles. The van der Waals surface area contributed by atoms with Crippen molar-refractivity contribution in [2.24, 2.45) is 5.73 Å². The first-order valence-electron chi connectivity index (χ1n) is 9.24. The van der Waals surface area contributed by atoms with Crippen molar-refractivity contribution in [3.05, 3.63) is 59.7 Å². The van der Waals surface area contributed by atoms with Crippen molar-refractivity contribution < 1.29 is 14.3 Å². The molecule has 0 saturated heterocycles. The summed E-state index contributed by atoms with van der Waals surface area (Å²) >= 11 is 0. The molecule has 1 unspecified atom stereocenters. The van der Waals surface area contributed by atoms with Gasteiger partial charge < -0.3 is 20.1 Å². The van der Waals surface area contributed by atoms with E-state index in [-0.39, 0.29) is 18.4 Å². The Morgan fingerprint density at radius 2 is 1.67 bits per heavy atom. The van der Waals surface area contributed by atoms with Crippen molar-refractivity contribution in [2.75, 3.05) is 25.7 Å². The normalized spacial score (nSPS) is 12.1. The van der Waals surface area contributed by atoms with Crippen LogP contribution in [-0.2, 0) is 16.1 Å². The minimum atomic E-state index is -0.290. The summed E-state index contributed by atoms with van der Waals surface area (Å²) in [7, 11) is 3.20. The van der Waals surface area contributed by atoms with Gasteiger partial charge in [-0.3, -0.25) is 4.79 Å². The SMILES string of the molecule is COc1ccc(N(Cc2ccc(C(C)C)cc2)C(=O)CC(CN)OC)cc1. The zero-order valence-corrected chi connectivity index (χ0v) is 16.6. The summed E-state index contributed by atoms with van der Waals surface area (Å²) in [4.78, 5) is 14.7. The first kappa shape index (κ1) is 20.9. The highest BCUT2D eigenvalue weighted by Crippen LogP contribution is 2.23. The van der Waals surface area contributed by atoms with E-state index in [9.17, 15) is 4.79 Å². The van der Waals surface area contributed by atoms with Crippen LogP contribution in [0, 0.1) is 0 Å². The fourth-order valence-corrected chi connectivity index (χ4v) is 2.84. The number of ether oxygens (including phenoxy) is 2. The highest BCUT2D eigenvalue weighted by Gasteiger charge is 2.20. The summed E-state index contributed by atoms with van der Waals surface area (Å²) in [5, 5.41) is 0. The Hall–Kier alpha value is -2.37. The van der Waals surface area contributed by atoms with Crippen molar-refractivity contribution in [1.82, 2.24) is 0 Å². The summed E-state index contributed by atoms with van der Waals surface area (Å²) in [6, 6.07) is 15.9. The smallest absolute Gasteiger partial charge is 0.229 e. The van der Waals surface area contributed by atoms with E-state index >= 15 is 0 Å². The van der Waals surface area contributed by atoms with Crippen LogP contribution < -0.4 is 15.4 Å². The lowest BCUT2D eigenvalue weighted by molar-refractivity contribution is -0.121. The average Bonchev–Trinajstić information content (AvgIpc) is 2.70. The number of methoxy groups -OCH3 is 2. The molecule has 0 aliphatic carbocycles. The highest BCUT2D eigenvalue weighted by atomic mass is 16.5. The van der Waals surface area contributed by atoms with Crippen LogP contribution in [0.25, 0.3) is 0 Å². The standard InChI is InChI=1S/C22H30N2O3/c1-16(2)18-7-5-17(6-8-18)15-24(22(25)13-21(14-23)27-4)19-9-11-20(26-3)12-10-19/h5-12,16,21H,13-15,23H2,1-4H3. The van der Waals surface area contributed by atoms with E-state index in [0.29, 0.717) is 19.0 Å².